The lowest BCUT2D eigenvalue weighted by atomic mass is 10.0. The third-order valence-corrected chi connectivity index (χ3v) is 3.50. The van der Waals surface area contributed by atoms with Gasteiger partial charge in [-0.05, 0) is 36.8 Å². The molecule has 0 radical (unpaired) electrons. The van der Waals surface area contributed by atoms with Crippen molar-refractivity contribution in [2.75, 3.05) is 5.73 Å². The molecule has 0 spiro atoms. The second-order valence-corrected chi connectivity index (χ2v) is 4.93. The molecule has 3 aromatic rings. The molecule has 0 atom stereocenters. The van der Waals surface area contributed by atoms with E-state index in [0.717, 1.165) is 33.4 Å². The van der Waals surface area contributed by atoms with Crippen molar-refractivity contribution in [1.82, 2.24) is 14.8 Å². The minimum Gasteiger partial charge on any atom is -0.398 e. The fraction of sp³-hybridized carbons (Fsp3) is 0.200. The van der Waals surface area contributed by atoms with Gasteiger partial charge in [-0.3, -0.25) is 9.67 Å². The zero-order valence-electron chi connectivity index (χ0n) is 11.6. The molecule has 20 heavy (non-hydrogen) atoms. The van der Waals surface area contributed by atoms with E-state index < -0.39 is 0 Å². The van der Waals surface area contributed by atoms with Gasteiger partial charge in [0.25, 0.3) is 0 Å². The molecule has 0 saturated carbocycles. The van der Waals surface area contributed by atoms with Crippen molar-refractivity contribution in [3.8, 4) is 11.3 Å². The number of nitrogens with two attached hydrogens (primary N) is 2. The monoisotopic (exact) mass is 267 g/mol. The number of hydrogen-bond donors (Lipinski definition) is 2. The molecule has 2 aromatic heterocycles. The van der Waals surface area contributed by atoms with Crippen LogP contribution < -0.4 is 11.5 Å². The highest BCUT2D eigenvalue weighted by Gasteiger charge is 2.13. The van der Waals surface area contributed by atoms with Crippen molar-refractivity contribution in [3.05, 3.63) is 41.7 Å². The van der Waals surface area contributed by atoms with Gasteiger partial charge in [0.2, 0.25) is 0 Å². The summed E-state index contributed by atoms with van der Waals surface area (Å²) in [6.45, 7) is 2.39. The van der Waals surface area contributed by atoms with Gasteiger partial charge in [0, 0.05) is 42.1 Å². The largest absolute Gasteiger partial charge is 0.398 e. The molecular formula is C15H17N5. The molecule has 0 fully saturated rings. The highest BCUT2D eigenvalue weighted by molar-refractivity contribution is 5.95. The van der Waals surface area contributed by atoms with E-state index in [0.29, 0.717) is 12.2 Å². The molecular weight excluding hydrogens is 250 g/mol. The Balaban J connectivity index is 2.31. The summed E-state index contributed by atoms with van der Waals surface area (Å²) in [7, 11) is 1.92. The smallest absolute Gasteiger partial charge is 0.100 e. The molecule has 5 nitrogen and oxygen atoms in total. The van der Waals surface area contributed by atoms with Crippen LogP contribution in [0.4, 0.5) is 5.69 Å². The van der Waals surface area contributed by atoms with Crippen LogP contribution in [0.5, 0.6) is 0 Å². The molecule has 0 saturated heterocycles. The molecule has 0 unspecified atom stereocenters. The molecule has 0 aliphatic heterocycles. The van der Waals surface area contributed by atoms with Crippen molar-refractivity contribution >= 4 is 16.6 Å². The summed E-state index contributed by atoms with van der Waals surface area (Å²) in [6, 6.07) is 7.96. The summed E-state index contributed by atoms with van der Waals surface area (Å²) >= 11 is 0. The highest BCUT2D eigenvalue weighted by atomic mass is 15.3. The number of fused-ring (bicyclic) bond motifs is 1. The Labute approximate surface area is 117 Å². The first kappa shape index (κ1) is 12.6. The summed E-state index contributed by atoms with van der Waals surface area (Å²) in [6.07, 6.45) is 1.80. The van der Waals surface area contributed by atoms with Crippen LogP contribution in [-0.4, -0.2) is 14.8 Å². The molecule has 0 aliphatic carbocycles. The van der Waals surface area contributed by atoms with Crippen LogP contribution in [0.2, 0.25) is 0 Å². The Kier molecular flexibility index (Phi) is 2.91. The van der Waals surface area contributed by atoms with E-state index in [2.05, 4.69) is 10.1 Å². The first-order valence-corrected chi connectivity index (χ1v) is 6.48. The van der Waals surface area contributed by atoms with Gasteiger partial charge in [-0.15, -0.1) is 0 Å². The lowest BCUT2D eigenvalue weighted by Gasteiger charge is -2.04. The van der Waals surface area contributed by atoms with Gasteiger partial charge < -0.3 is 11.5 Å². The topological polar surface area (TPSA) is 82.8 Å². The second-order valence-electron chi connectivity index (χ2n) is 4.93. The first-order chi connectivity index (χ1) is 9.60. The standard InChI is InChI=1S/C15H17N5/c1-9-5-10(3-4-18-9)15-12-6-11(8-16)13(17)7-14(12)20(2)19-15/h3-7H,8,16-17H2,1-2H3. The van der Waals surface area contributed by atoms with Crippen LogP contribution in [-0.2, 0) is 13.6 Å². The van der Waals surface area contributed by atoms with E-state index >= 15 is 0 Å². The van der Waals surface area contributed by atoms with Crippen LogP contribution in [0.25, 0.3) is 22.2 Å². The van der Waals surface area contributed by atoms with Gasteiger partial charge in [0.15, 0.2) is 0 Å². The summed E-state index contributed by atoms with van der Waals surface area (Å²) in [5, 5.41) is 5.67. The highest BCUT2D eigenvalue weighted by Crippen LogP contribution is 2.30. The molecule has 0 aliphatic rings. The summed E-state index contributed by atoms with van der Waals surface area (Å²) in [5.74, 6) is 0. The average Bonchev–Trinajstić information content (AvgIpc) is 2.75. The van der Waals surface area contributed by atoms with Gasteiger partial charge in [-0.2, -0.15) is 5.10 Å². The number of hydrogen-bond acceptors (Lipinski definition) is 4. The molecule has 1 aromatic carbocycles. The average molecular weight is 267 g/mol. The Morgan fingerprint density at radius 3 is 2.75 bits per heavy atom. The predicted molar refractivity (Wildman–Crippen MR) is 81.0 cm³/mol. The minimum atomic E-state index is 0.422. The van der Waals surface area contributed by atoms with Crippen molar-refractivity contribution in [1.29, 1.82) is 0 Å². The number of rotatable bonds is 2. The van der Waals surface area contributed by atoms with Crippen LogP contribution in [0.15, 0.2) is 30.5 Å². The van der Waals surface area contributed by atoms with E-state index in [1.165, 1.54) is 0 Å². The second kappa shape index (κ2) is 4.61. The normalized spacial score (nSPS) is 11.2. The van der Waals surface area contributed by atoms with Crippen molar-refractivity contribution in [2.24, 2.45) is 12.8 Å². The molecule has 0 amide bonds. The molecule has 0 bridgehead atoms. The lowest BCUT2D eigenvalue weighted by molar-refractivity contribution is 0.800. The maximum absolute atomic E-state index is 6.01. The number of aromatic nitrogens is 3. The maximum atomic E-state index is 6.01. The molecule has 5 heteroatoms. The first-order valence-electron chi connectivity index (χ1n) is 6.48. The maximum Gasteiger partial charge on any atom is 0.100 e. The summed E-state index contributed by atoms with van der Waals surface area (Å²) < 4.78 is 1.84. The van der Waals surface area contributed by atoms with E-state index in [4.69, 9.17) is 11.5 Å². The third-order valence-electron chi connectivity index (χ3n) is 3.50. The molecule has 3 rings (SSSR count). The zero-order chi connectivity index (χ0) is 14.3. The predicted octanol–water partition coefficient (Wildman–Crippen LogP) is 1.98. The summed E-state index contributed by atoms with van der Waals surface area (Å²) in [5.41, 5.74) is 17.4. The third kappa shape index (κ3) is 1.92. The quantitative estimate of drug-likeness (QED) is 0.695. The fourth-order valence-electron chi connectivity index (χ4n) is 2.45. The number of benzene rings is 1. The lowest BCUT2D eigenvalue weighted by Crippen LogP contribution is -2.01. The number of nitrogens with zero attached hydrogens (tertiary/aromatic N) is 3. The van der Waals surface area contributed by atoms with Crippen LogP contribution in [0.3, 0.4) is 0 Å². The van der Waals surface area contributed by atoms with Crippen LogP contribution in [0.1, 0.15) is 11.3 Å². The van der Waals surface area contributed by atoms with Gasteiger partial charge >= 0.3 is 0 Å². The van der Waals surface area contributed by atoms with Crippen LogP contribution in [0, 0.1) is 6.92 Å². The number of anilines is 1. The Hall–Kier alpha value is -2.40. The Morgan fingerprint density at radius 2 is 2.05 bits per heavy atom. The van der Waals surface area contributed by atoms with Crippen molar-refractivity contribution in [3.63, 3.8) is 0 Å². The molecule has 2 heterocycles. The van der Waals surface area contributed by atoms with Gasteiger partial charge in [0.05, 0.1) is 5.52 Å². The van der Waals surface area contributed by atoms with Gasteiger partial charge in [0.1, 0.15) is 5.69 Å². The summed E-state index contributed by atoms with van der Waals surface area (Å²) in [4.78, 5) is 4.23. The van der Waals surface area contributed by atoms with E-state index in [1.54, 1.807) is 6.20 Å². The van der Waals surface area contributed by atoms with Gasteiger partial charge in [-0.25, -0.2) is 0 Å². The van der Waals surface area contributed by atoms with Crippen LogP contribution >= 0.6 is 0 Å². The van der Waals surface area contributed by atoms with Crippen molar-refractivity contribution < 1.29 is 0 Å². The SMILES string of the molecule is Cc1cc(-c2nn(C)c3cc(N)c(CN)cc23)ccn1. The Morgan fingerprint density at radius 1 is 1.25 bits per heavy atom. The number of aryl methyl sites for hydroxylation is 2. The number of nitrogen functional groups attached to an aromatic ring is 1. The fourth-order valence-corrected chi connectivity index (χ4v) is 2.45. The zero-order valence-corrected chi connectivity index (χ0v) is 11.6. The van der Waals surface area contributed by atoms with Gasteiger partial charge in [-0.1, -0.05) is 0 Å². The Bertz CT molecular complexity index is 788. The molecule has 102 valence electrons. The van der Waals surface area contributed by atoms with E-state index in [9.17, 15) is 0 Å². The minimum absolute atomic E-state index is 0.422. The molecule has 4 N–H and O–H groups in total. The van der Waals surface area contributed by atoms with Crippen molar-refractivity contribution in [2.45, 2.75) is 13.5 Å². The van der Waals surface area contributed by atoms with E-state index in [1.807, 2.05) is 42.9 Å². The van der Waals surface area contributed by atoms with E-state index in [-0.39, 0.29) is 0 Å². The number of pyridine rings is 1.